The van der Waals surface area contributed by atoms with Gasteiger partial charge in [-0.05, 0) is 25.7 Å². The number of hydrogen-bond acceptors (Lipinski definition) is 10. The molecular weight excluding hydrogens is 364 g/mol. The fraction of sp³-hybridized carbons (Fsp3) is 0.600. The van der Waals surface area contributed by atoms with Gasteiger partial charge >= 0.3 is 25.9 Å². The molecule has 14 nitrogen and oxygen atoms in total. The number of rotatable bonds is 8. The number of aliphatic carboxylic acids is 4. The zero-order valence-electron chi connectivity index (χ0n) is 15.1. The summed E-state index contributed by atoms with van der Waals surface area (Å²) in [5.41, 5.74) is 9.82. The minimum atomic E-state index is -1.44. The first kappa shape index (κ1) is 43.7. The van der Waals surface area contributed by atoms with Crippen molar-refractivity contribution in [3.05, 3.63) is 0 Å². The van der Waals surface area contributed by atoms with Gasteiger partial charge in [-0.3, -0.25) is 0 Å². The third-order valence-electron chi connectivity index (χ3n) is 1.92. The van der Waals surface area contributed by atoms with Crippen LogP contribution in [0.15, 0.2) is 0 Å². The standard InChI is InChI=1S/2C5H9NO4.Mg.4H2O/c2*6-3(5(9)10)1-2-4(7)8;;;;;/h2*3H,1-2,6H2,(H,7,8)(H,9,10);;4*1H2/q;;+2;;;;/p-2/t2*3-;;;;;/m00...../s1. The zero-order valence-corrected chi connectivity index (χ0v) is 14.5. The van der Waals surface area contributed by atoms with Crippen molar-refractivity contribution in [1.29, 1.82) is 0 Å². The van der Waals surface area contributed by atoms with Crippen LogP contribution in [0.4, 0.5) is 0 Å². The van der Waals surface area contributed by atoms with Crippen molar-refractivity contribution in [2.24, 2.45) is 11.5 Å². The Labute approximate surface area is 161 Å². The van der Waals surface area contributed by atoms with Gasteiger partial charge in [0.1, 0.15) is 0 Å². The molecule has 0 spiro atoms. The molecular formula is C10H24MgN2O12. The van der Waals surface area contributed by atoms with Gasteiger partial charge in [0.05, 0.1) is 11.9 Å². The first-order valence-corrected chi connectivity index (χ1v) is 5.40. The summed E-state index contributed by atoms with van der Waals surface area (Å²) in [7, 11) is 0. The van der Waals surface area contributed by atoms with Crippen LogP contribution in [0.1, 0.15) is 28.5 Å². The van der Waals surface area contributed by atoms with E-state index in [4.69, 9.17) is 11.5 Å². The minimum Gasteiger partial charge on any atom is -0.550 e. The SMILES string of the molecule is N[C@@H](CCC(=O)[O-])C(=O)[O-].N[C@@H](CCC(=O)[O-])C(=O)[O-].O.O.O.O.[H+].[H+].[Mg+2]. The van der Waals surface area contributed by atoms with Crippen molar-refractivity contribution < 1.29 is 64.4 Å². The molecule has 0 saturated carbocycles. The van der Waals surface area contributed by atoms with E-state index in [0.29, 0.717) is 0 Å². The summed E-state index contributed by atoms with van der Waals surface area (Å²) in [4.78, 5) is 39.2. The molecule has 0 fully saturated rings. The molecule has 0 amide bonds. The smallest absolute Gasteiger partial charge is 0.550 e. The van der Waals surface area contributed by atoms with Crippen molar-refractivity contribution in [2.45, 2.75) is 37.8 Å². The first-order chi connectivity index (χ1) is 9.07. The predicted molar refractivity (Wildman–Crippen MR) is 76.9 cm³/mol. The number of carboxylic acid groups (broad SMARTS) is 4. The molecule has 0 aliphatic heterocycles. The molecule has 0 saturated heterocycles. The molecule has 0 aromatic heterocycles. The van der Waals surface area contributed by atoms with Crippen LogP contribution in [0.2, 0.25) is 0 Å². The molecule has 0 rings (SSSR count). The minimum absolute atomic E-state index is 0. The Morgan fingerprint density at radius 2 is 0.880 bits per heavy atom. The van der Waals surface area contributed by atoms with E-state index >= 15 is 0 Å². The summed E-state index contributed by atoms with van der Waals surface area (Å²) in [6.45, 7) is 0. The number of hydrogen-bond donors (Lipinski definition) is 2. The first-order valence-electron chi connectivity index (χ1n) is 5.40. The van der Waals surface area contributed by atoms with E-state index in [0.717, 1.165) is 0 Å². The second-order valence-corrected chi connectivity index (χ2v) is 3.67. The van der Waals surface area contributed by atoms with Crippen LogP contribution >= 0.6 is 0 Å². The fourth-order valence-electron chi connectivity index (χ4n) is 0.782. The van der Waals surface area contributed by atoms with E-state index in [9.17, 15) is 39.6 Å². The summed E-state index contributed by atoms with van der Waals surface area (Å²) in [6, 6.07) is -2.42. The van der Waals surface area contributed by atoms with Crippen LogP contribution in [0, 0.1) is 0 Å². The quantitative estimate of drug-likeness (QED) is 0.369. The van der Waals surface area contributed by atoms with Crippen LogP contribution < -0.4 is 31.9 Å². The normalized spacial score (nSPS) is 10.0. The molecule has 25 heavy (non-hydrogen) atoms. The predicted octanol–water partition coefficient (Wildman–Crippen LogP) is -10.3. The van der Waals surface area contributed by atoms with Crippen molar-refractivity contribution in [1.82, 2.24) is 0 Å². The summed E-state index contributed by atoms with van der Waals surface area (Å²) in [5, 5.41) is 39.2. The van der Waals surface area contributed by atoms with Crippen LogP contribution in [0.5, 0.6) is 0 Å². The zero-order chi connectivity index (χ0) is 16.3. The summed E-state index contributed by atoms with van der Waals surface area (Å²) in [5.74, 6) is -5.50. The molecule has 0 aliphatic carbocycles. The molecule has 2 atom stereocenters. The van der Waals surface area contributed by atoms with Gasteiger partial charge in [0.25, 0.3) is 0 Å². The third-order valence-corrected chi connectivity index (χ3v) is 1.92. The second-order valence-electron chi connectivity index (χ2n) is 3.67. The Kier molecular flexibility index (Phi) is 43.1. The van der Waals surface area contributed by atoms with Gasteiger partial charge in [-0.1, -0.05) is 0 Å². The summed E-state index contributed by atoms with van der Waals surface area (Å²) in [6.07, 6.45) is -1.00. The third kappa shape index (κ3) is 34.7. The number of carboxylic acids is 4. The van der Waals surface area contributed by atoms with Gasteiger partial charge in [-0.2, -0.15) is 0 Å². The Morgan fingerprint density at radius 3 is 1.00 bits per heavy atom. The molecule has 0 heterocycles. The topological polar surface area (TPSA) is 339 Å². The van der Waals surface area contributed by atoms with Crippen molar-refractivity contribution in [3.63, 3.8) is 0 Å². The maximum Gasteiger partial charge on any atom is 2.00 e. The molecule has 0 aromatic carbocycles. The molecule has 0 aromatic rings. The molecule has 15 heteroatoms. The fourth-order valence-corrected chi connectivity index (χ4v) is 0.782. The van der Waals surface area contributed by atoms with Crippen molar-refractivity contribution in [3.8, 4) is 0 Å². The molecule has 148 valence electrons. The average Bonchev–Trinajstić information content (AvgIpc) is 2.33. The molecule has 0 aliphatic rings. The van der Waals surface area contributed by atoms with E-state index < -0.39 is 36.0 Å². The molecule has 0 radical (unpaired) electrons. The Hall–Kier alpha value is -1.59. The largest absolute Gasteiger partial charge is 2.00 e. The Bertz CT molecular complexity index is 344. The van der Waals surface area contributed by atoms with Gasteiger partial charge in [-0.25, -0.2) is 0 Å². The second kappa shape index (κ2) is 24.7. The van der Waals surface area contributed by atoms with Crippen molar-refractivity contribution in [2.75, 3.05) is 0 Å². The van der Waals surface area contributed by atoms with Gasteiger partial charge in [0.2, 0.25) is 0 Å². The maximum atomic E-state index is 9.86. The Balaban J connectivity index is -0.0000000272. The van der Waals surface area contributed by atoms with Crippen LogP contribution in [0.25, 0.3) is 0 Å². The van der Waals surface area contributed by atoms with Crippen LogP contribution in [0.3, 0.4) is 0 Å². The van der Waals surface area contributed by atoms with Crippen LogP contribution in [-0.2, 0) is 19.2 Å². The van der Waals surface area contributed by atoms with E-state index in [1.807, 2.05) is 0 Å². The van der Waals surface area contributed by atoms with E-state index in [2.05, 4.69) is 0 Å². The van der Waals surface area contributed by atoms with Gasteiger partial charge < -0.3 is 73.0 Å². The molecule has 0 unspecified atom stereocenters. The Morgan fingerprint density at radius 1 is 0.680 bits per heavy atom. The van der Waals surface area contributed by atoms with E-state index in [-0.39, 0.29) is 73.5 Å². The molecule has 0 bridgehead atoms. The number of carbonyl (C=O) groups excluding carboxylic acids is 4. The maximum absolute atomic E-state index is 9.86. The van der Waals surface area contributed by atoms with E-state index in [1.165, 1.54) is 0 Å². The number of carbonyl (C=O) groups is 4. The van der Waals surface area contributed by atoms with Gasteiger partial charge in [0, 0.05) is 24.0 Å². The molecule has 12 N–H and O–H groups in total. The van der Waals surface area contributed by atoms with Crippen LogP contribution in [-0.4, -0.2) is 80.9 Å². The van der Waals surface area contributed by atoms with Gasteiger partial charge in [-0.15, -0.1) is 0 Å². The average molecular weight is 389 g/mol. The summed E-state index contributed by atoms with van der Waals surface area (Å²) >= 11 is 0. The number of nitrogens with two attached hydrogens (primary N) is 2. The van der Waals surface area contributed by atoms with Crippen molar-refractivity contribution >= 4 is 46.9 Å². The summed E-state index contributed by atoms with van der Waals surface area (Å²) < 4.78 is 0. The monoisotopic (exact) mass is 388 g/mol. The van der Waals surface area contributed by atoms with E-state index in [1.54, 1.807) is 0 Å². The van der Waals surface area contributed by atoms with Gasteiger partial charge in [0.15, 0.2) is 0 Å².